The maximum absolute atomic E-state index is 8.80. The summed E-state index contributed by atoms with van der Waals surface area (Å²) in [5, 5.41) is 0. The van der Waals surface area contributed by atoms with E-state index >= 15 is 0 Å². The molecule has 44 valence electrons. The van der Waals surface area contributed by atoms with Crippen LogP contribution in [0.3, 0.4) is 0 Å². The predicted octanol–water partition coefficient (Wildman–Crippen LogP) is 0.858. The van der Waals surface area contributed by atoms with Crippen LogP contribution in [0.5, 0.6) is 0 Å². The minimum atomic E-state index is -2.40. The van der Waals surface area contributed by atoms with Gasteiger partial charge in [0.1, 0.15) is 12.3 Å². The van der Waals surface area contributed by atoms with Gasteiger partial charge in [0.25, 0.3) is 7.72 Å². The summed E-state index contributed by atoms with van der Waals surface area (Å²) in [5.74, 6) is 0. The van der Waals surface area contributed by atoms with Crippen LogP contribution in [-0.4, -0.2) is 22.1 Å². The van der Waals surface area contributed by atoms with Crippen molar-refractivity contribution in [2.24, 2.45) is 0 Å². The van der Waals surface area contributed by atoms with E-state index in [2.05, 4.69) is 0 Å². The van der Waals surface area contributed by atoms with Gasteiger partial charge in [-0.05, 0) is 13.8 Å². The molecule has 0 saturated carbocycles. The Kier molecular flexibility index (Phi) is 2.74. The molecule has 7 heavy (non-hydrogen) atoms. The van der Waals surface area contributed by atoms with Gasteiger partial charge in [0, 0.05) is 0 Å². The summed E-state index contributed by atoms with van der Waals surface area (Å²) in [6.07, 6.45) is 1.03. The second kappa shape index (κ2) is 2.61. The third kappa shape index (κ3) is 2.98. The van der Waals surface area contributed by atoms with Gasteiger partial charge in [-0.15, -0.1) is 0 Å². The topological polar surface area (TPSA) is 40.5 Å². The molecule has 2 N–H and O–H groups in total. The van der Waals surface area contributed by atoms with Gasteiger partial charge < -0.3 is 0 Å². The standard InChI is InChI=1S/C4H12O2P/c1-3-7(5,6)4-2/h5-6H,3-4H2,1-2H3/q+1. The normalized spacial score (nSPS) is 12.0. The van der Waals surface area contributed by atoms with Crippen molar-refractivity contribution in [3.8, 4) is 0 Å². The largest absolute Gasteiger partial charge is 0.267 e. The molecule has 0 aromatic heterocycles. The van der Waals surface area contributed by atoms with E-state index in [1.165, 1.54) is 0 Å². The Bertz CT molecular complexity index is 47.7. The molecule has 0 amide bonds. The maximum atomic E-state index is 8.80. The molecule has 0 aliphatic carbocycles. The summed E-state index contributed by atoms with van der Waals surface area (Å²) in [7, 11) is -2.40. The summed E-state index contributed by atoms with van der Waals surface area (Å²) in [5.41, 5.74) is 0. The Labute approximate surface area is 44.7 Å². The molecule has 0 fully saturated rings. The van der Waals surface area contributed by atoms with Crippen LogP contribution in [0.15, 0.2) is 0 Å². The van der Waals surface area contributed by atoms with Gasteiger partial charge in [-0.2, -0.15) is 0 Å². The molecule has 0 rings (SSSR count). The van der Waals surface area contributed by atoms with Crippen molar-refractivity contribution in [1.82, 2.24) is 0 Å². The molecule has 2 nitrogen and oxygen atoms in total. The Morgan fingerprint density at radius 1 is 1.14 bits per heavy atom. The first kappa shape index (κ1) is 7.35. The lowest BCUT2D eigenvalue weighted by atomic mass is 11.0. The highest BCUT2D eigenvalue weighted by atomic mass is 31.2. The molecule has 0 heterocycles. The Hall–Kier alpha value is 0.350. The molecule has 0 aromatic rings. The molecule has 3 heteroatoms. The lowest BCUT2D eigenvalue weighted by Crippen LogP contribution is -1.94. The predicted molar refractivity (Wildman–Crippen MR) is 32.4 cm³/mol. The monoisotopic (exact) mass is 123 g/mol. The van der Waals surface area contributed by atoms with Crippen molar-refractivity contribution in [2.45, 2.75) is 13.8 Å². The smallest absolute Gasteiger partial charge is 0.220 e. The summed E-state index contributed by atoms with van der Waals surface area (Å²) in [6.45, 7) is 3.58. The number of hydrogen-bond acceptors (Lipinski definition) is 2. The zero-order valence-electron chi connectivity index (χ0n) is 4.76. The van der Waals surface area contributed by atoms with E-state index in [4.69, 9.17) is 9.79 Å². The van der Waals surface area contributed by atoms with Crippen LogP contribution in [0.25, 0.3) is 0 Å². The van der Waals surface area contributed by atoms with E-state index in [1.54, 1.807) is 13.8 Å². The van der Waals surface area contributed by atoms with Gasteiger partial charge in [0.2, 0.25) is 0 Å². The quantitative estimate of drug-likeness (QED) is 0.534. The third-order valence-corrected chi connectivity index (χ3v) is 3.04. The first-order chi connectivity index (χ1) is 3.12. The lowest BCUT2D eigenvalue weighted by Gasteiger charge is -2.04. The van der Waals surface area contributed by atoms with E-state index in [1.807, 2.05) is 0 Å². The van der Waals surface area contributed by atoms with Crippen molar-refractivity contribution in [3.63, 3.8) is 0 Å². The highest BCUT2D eigenvalue weighted by molar-refractivity contribution is 7.64. The molecule has 0 spiro atoms. The number of hydrogen-bond donors (Lipinski definition) is 2. The van der Waals surface area contributed by atoms with Crippen LogP contribution < -0.4 is 0 Å². The van der Waals surface area contributed by atoms with Crippen molar-refractivity contribution in [3.05, 3.63) is 0 Å². The van der Waals surface area contributed by atoms with Gasteiger partial charge in [-0.25, -0.2) is 9.79 Å². The lowest BCUT2D eigenvalue weighted by molar-refractivity contribution is 0.452. The second-order valence-electron chi connectivity index (χ2n) is 1.51. The summed E-state index contributed by atoms with van der Waals surface area (Å²) >= 11 is 0. The van der Waals surface area contributed by atoms with Crippen LogP contribution in [0.2, 0.25) is 0 Å². The molecule has 0 aliphatic heterocycles. The molecular formula is C4H12O2P+. The zero-order chi connectivity index (χ0) is 5.91. The molecule has 0 bridgehead atoms. The van der Waals surface area contributed by atoms with Crippen molar-refractivity contribution in [2.75, 3.05) is 12.3 Å². The highest BCUT2D eigenvalue weighted by Gasteiger charge is 2.25. The molecule has 0 atom stereocenters. The molecule has 0 aliphatic rings. The van der Waals surface area contributed by atoms with Crippen molar-refractivity contribution in [1.29, 1.82) is 0 Å². The second-order valence-corrected chi connectivity index (χ2v) is 4.53. The van der Waals surface area contributed by atoms with E-state index in [-0.39, 0.29) is 0 Å². The van der Waals surface area contributed by atoms with Crippen LogP contribution in [0.1, 0.15) is 13.8 Å². The van der Waals surface area contributed by atoms with Crippen molar-refractivity contribution >= 4 is 7.72 Å². The Morgan fingerprint density at radius 3 is 1.43 bits per heavy atom. The first-order valence-corrected chi connectivity index (χ1v) is 4.51. The fraction of sp³-hybridized carbons (Fsp3) is 1.00. The molecule has 0 radical (unpaired) electrons. The number of rotatable bonds is 2. The zero-order valence-corrected chi connectivity index (χ0v) is 5.65. The fourth-order valence-corrected chi connectivity index (χ4v) is 0.671. The molecule has 0 saturated heterocycles. The van der Waals surface area contributed by atoms with Gasteiger partial charge >= 0.3 is 0 Å². The molecule has 0 aromatic carbocycles. The van der Waals surface area contributed by atoms with Crippen LogP contribution >= 0.6 is 7.72 Å². The van der Waals surface area contributed by atoms with E-state index in [9.17, 15) is 0 Å². The van der Waals surface area contributed by atoms with E-state index < -0.39 is 7.72 Å². The van der Waals surface area contributed by atoms with Crippen LogP contribution in [0.4, 0.5) is 0 Å². The average Bonchev–Trinajstić information content (AvgIpc) is 1.68. The van der Waals surface area contributed by atoms with Gasteiger partial charge in [0.15, 0.2) is 0 Å². The van der Waals surface area contributed by atoms with Gasteiger partial charge in [-0.1, -0.05) is 0 Å². The van der Waals surface area contributed by atoms with E-state index in [0.29, 0.717) is 12.3 Å². The minimum absolute atomic E-state index is 0.517. The summed E-state index contributed by atoms with van der Waals surface area (Å²) in [6, 6.07) is 0. The minimum Gasteiger partial charge on any atom is -0.220 e. The van der Waals surface area contributed by atoms with Crippen LogP contribution in [-0.2, 0) is 0 Å². The van der Waals surface area contributed by atoms with Gasteiger partial charge in [0.05, 0.1) is 0 Å². The SMILES string of the molecule is CC[P+](O)(O)CC. The molecular weight excluding hydrogens is 111 g/mol. The third-order valence-electron chi connectivity index (χ3n) is 1.01. The Balaban J connectivity index is 3.36. The highest BCUT2D eigenvalue weighted by Crippen LogP contribution is 2.48. The Morgan fingerprint density at radius 2 is 1.43 bits per heavy atom. The fourth-order valence-electron chi connectivity index (χ4n) is 0.224. The average molecular weight is 123 g/mol. The molecule has 0 unspecified atom stereocenters. The summed E-state index contributed by atoms with van der Waals surface area (Å²) < 4.78 is 0. The van der Waals surface area contributed by atoms with Crippen molar-refractivity contribution < 1.29 is 9.79 Å². The maximum Gasteiger partial charge on any atom is 0.267 e. The van der Waals surface area contributed by atoms with Crippen LogP contribution in [0, 0.1) is 0 Å². The first-order valence-electron chi connectivity index (χ1n) is 2.45. The van der Waals surface area contributed by atoms with E-state index in [0.717, 1.165) is 0 Å². The van der Waals surface area contributed by atoms with Gasteiger partial charge in [-0.3, -0.25) is 0 Å². The summed E-state index contributed by atoms with van der Waals surface area (Å²) in [4.78, 5) is 17.6.